The summed E-state index contributed by atoms with van der Waals surface area (Å²) < 4.78 is 21.8. The highest BCUT2D eigenvalue weighted by atomic mass is 35.5. The molecule has 1 aliphatic rings. The van der Waals surface area contributed by atoms with Gasteiger partial charge in [-0.2, -0.15) is 0 Å². The lowest BCUT2D eigenvalue weighted by Gasteiger charge is -2.32. The number of hydrogen-bond donors (Lipinski definition) is 1. The number of rotatable bonds is 12. The van der Waals surface area contributed by atoms with Crippen molar-refractivity contribution in [2.24, 2.45) is 11.8 Å². The van der Waals surface area contributed by atoms with Gasteiger partial charge in [-0.05, 0) is 81.4 Å². The van der Waals surface area contributed by atoms with E-state index in [2.05, 4.69) is 4.90 Å². The van der Waals surface area contributed by atoms with Crippen molar-refractivity contribution in [3.63, 3.8) is 0 Å². The number of methoxy groups -OCH3 is 4. The van der Waals surface area contributed by atoms with Gasteiger partial charge in [0.1, 0.15) is 11.5 Å². The average Bonchev–Trinajstić information content (AvgIpc) is 2.86. The maximum Gasteiger partial charge on any atom is 0.306 e. The van der Waals surface area contributed by atoms with E-state index in [1.54, 1.807) is 28.4 Å². The molecule has 0 spiro atoms. The first-order valence-electron chi connectivity index (χ1n) is 11.8. The Hall–Kier alpha value is -2.64. The number of nitrogens with zero attached hydrogens (tertiary/aromatic N) is 1. The van der Waals surface area contributed by atoms with E-state index in [0.29, 0.717) is 18.6 Å². The predicted molar refractivity (Wildman–Crippen MR) is 139 cm³/mol. The highest BCUT2D eigenvalue weighted by Gasteiger charge is 2.33. The molecule has 8 heteroatoms. The van der Waals surface area contributed by atoms with Crippen LogP contribution in [0.4, 0.5) is 0 Å². The van der Waals surface area contributed by atoms with E-state index in [1.165, 1.54) is 0 Å². The van der Waals surface area contributed by atoms with E-state index >= 15 is 0 Å². The molecule has 35 heavy (non-hydrogen) atoms. The third-order valence-electron chi connectivity index (χ3n) is 6.95. The molecule has 0 saturated heterocycles. The summed E-state index contributed by atoms with van der Waals surface area (Å²) in [6.45, 7) is 1.56. The van der Waals surface area contributed by atoms with Gasteiger partial charge >= 0.3 is 5.97 Å². The first-order valence-corrected chi connectivity index (χ1v) is 11.8. The first-order chi connectivity index (χ1) is 16.4. The maximum absolute atomic E-state index is 12.2. The van der Waals surface area contributed by atoms with Crippen LogP contribution in [-0.2, 0) is 24.1 Å². The van der Waals surface area contributed by atoms with Gasteiger partial charge < -0.3 is 29.0 Å². The van der Waals surface area contributed by atoms with Crippen LogP contribution in [0.15, 0.2) is 30.3 Å². The van der Waals surface area contributed by atoms with Crippen molar-refractivity contribution in [3.05, 3.63) is 47.0 Å². The second-order valence-electron chi connectivity index (χ2n) is 8.91. The third-order valence-corrected chi connectivity index (χ3v) is 6.95. The van der Waals surface area contributed by atoms with E-state index in [4.69, 9.17) is 18.9 Å². The van der Waals surface area contributed by atoms with Crippen molar-refractivity contribution in [1.82, 2.24) is 4.90 Å². The lowest BCUT2D eigenvalue weighted by atomic mass is 9.75. The number of ether oxygens (including phenoxy) is 4. The molecule has 7 nitrogen and oxygen atoms in total. The molecule has 0 saturated carbocycles. The van der Waals surface area contributed by atoms with Crippen molar-refractivity contribution < 1.29 is 28.8 Å². The highest BCUT2D eigenvalue weighted by molar-refractivity contribution is 5.85. The minimum Gasteiger partial charge on any atom is -0.496 e. The second-order valence-corrected chi connectivity index (χ2v) is 8.91. The molecule has 2 aromatic rings. The van der Waals surface area contributed by atoms with Gasteiger partial charge in [-0.15, -0.1) is 12.4 Å². The van der Waals surface area contributed by atoms with Gasteiger partial charge in [-0.25, -0.2) is 0 Å². The number of carboxylic acid groups (broad SMARTS) is 1. The van der Waals surface area contributed by atoms with Gasteiger partial charge in [-0.3, -0.25) is 4.79 Å². The van der Waals surface area contributed by atoms with Gasteiger partial charge in [0.05, 0.1) is 34.4 Å². The molecule has 1 aliphatic carbocycles. The summed E-state index contributed by atoms with van der Waals surface area (Å²) in [4.78, 5) is 14.4. The van der Waals surface area contributed by atoms with Crippen molar-refractivity contribution >= 4 is 18.4 Å². The number of benzene rings is 2. The van der Waals surface area contributed by atoms with Crippen molar-refractivity contribution in [2.75, 3.05) is 48.6 Å². The number of aliphatic carboxylic acids is 1. The Labute approximate surface area is 214 Å². The van der Waals surface area contributed by atoms with Crippen LogP contribution < -0.4 is 18.9 Å². The maximum atomic E-state index is 12.2. The Kier molecular flexibility index (Phi) is 11.0. The zero-order valence-electron chi connectivity index (χ0n) is 21.3. The summed E-state index contributed by atoms with van der Waals surface area (Å²) >= 11 is 0. The van der Waals surface area contributed by atoms with Gasteiger partial charge in [0.25, 0.3) is 0 Å². The summed E-state index contributed by atoms with van der Waals surface area (Å²) in [5, 5.41) is 10.0. The van der Waals surface area contributed by atoms with Crippen LogP contribution in [0.1, 0.15) is 29.5 Å². The van der Waals surface area contributed by atoms with Gasteiger partial charge in [0.2, 0.25) is 0 Å². The first kappa shape index (κ1) is 28.6. The SMILES string of the molecule is COc1ccc(CCN(C)CCC(C(=O)O)C2CCc3c(OC)ccc(OC)c3C2)cc1OC.Cl. The summed E-state index contributed by atoms with van der Waals surface area (Å²) in [6.07, 6.45) is 3.80. The zero-order chi connectivity index (χ0) is 24.7. The van der Waals surface area contributed by atoms with E-state index in [9.17, 15) is 9.90 Å². The van der Waals surface area contributed by atoms with E-state index in [1.807, 2.05) is 37.4 Å². The summed E-state index contributed by atoms with van der Waals surface area (Å²) in [5.41, 5.74) is 3.39. The summed E-state index contributed by atoms with van der Waals surface area (Å²) in [6, 6.07) is 9.79. The lowest BCUT2D eigenvalue weighted by molar-refractivity contribution is -0.144. The second kappa shape index (κ2) is 13.4. The fourth-order valence-electron chi connectivity index (χ4n) is 4.96. The summed E-state index contributed by atoms with van der Waals surface area (Å²) in [7, 11) is 8.64. The van der Waals surface area contributed by atoms with E-state index in [-0.39, 0.29) is 18.3 Å². The van der Waals surface area contributed by atoms with Crippen LogP contribution in [0.25, 0.3) is 0 Å². The van der Waals surface area contributed by atoms with E-state index in [0.717, 1.165) is 66.3 Å². The number of hydrogen-bond acceptors (Lipinski definition) is 6. The van der Waals surface area contributed by atoms with Crippen molar-refractivity contribution in [3.8, 4) is 23.0 Å². The van der Waals surface area contributed by atoms with E-state index < -0.39 is 11.9 Å². The minimum absolute atomic E-state index is 0. The number of likely N-dealkylation sites (N-methyl/N-ethyl adjacent to an activating group) is 1. The van der Waals surface area contributed by atoms with Crippen molar-refractivity contribution in [2.45, 2.75) is 32.1 Å². The minimum atomic E-state index is -0.719. The van der Waals surface area contributed by atoms with Crippen LogP contribution in [-0.4, -0.2) is 64.6 Å². The molecule has 0 aromatic heterocycles. The monoisotopic (exact) mass is 507 g/mol. The fourth-order valence-corrected chi connectivity index (χ4v) is 4.96. The zero-order valence-corrected chi connectivity index (χ0v) is 22.2. The predicted octanol–water partition coefficient (Wildman–Crippen LogP) is 4.51. The lowest BCUT2D eigenvalue weighted by Crippen LogP contribution is -2.33. The molecular formula is C27H38ClNO6. The normalized spacial score (nSPS) is 15.5. The molecule has 2 unspecified atom stereocenters. The standard InChI is InChI=1S/C27H37NO6.ClH/c1-28(14-12-18-6-9-25(33-4)26(16-18)34-5)15-13-20(27(29)30)19-7-8-21-22(17-19)24(32-3)11-10-23(21)31-2;/h6,9-11,16,19-20H,7-8,12-15,17H2,1-5H3,(H,29,30);1H. The van der Waals surface area contributed by atoms with Gasteiger partial charge in [0.15, 0.2) is 11.5 Å². The Bertz CT molecular complexity index is 982. The molecule has 0 radical (unpaired) electrons. The Morgan fingerprint density at radius 1 is 0.943 bits per heavy atom. The van der Waals surface area contributed by atoms with Crippen LogP contribution in [0.2, 0.25) is 0 Å². The molecule has 2 aromatic carbocycles. The van der Waals surface area contributed by atoms with Crippen LogP contribution >= 0.6 is 12.4 Å². The molecule has 3 rings (SSSR count). The summed E-state index contributed by atoms with van der Waals surface area (Å²) in [5.74, 6) is 2.07. The molecule has 0 fully saturated rings. The quantitative estimate of drug-likeness (QED) is 0.452. The smallest absolute Gasteiger partial charge is 0.306 e. The van der Waals surface area contributed by atoms with Crippen LogP contribution in [0.5, 0.6) is 23.0 Å². The molecule has 1 N–H and O–H groups in total. The third kappa shape index (κ3) is 6.95. The Morgan fingerprint density at radius 2 is 1.54 bits per heavy atom. The fraction of sp³-hybridized carbons (Fsp3) is 0.519. The molecule has 2 atom stereocenters. The highest BCUT2D eigenvalue weighted by Crippen LogP contribution is 2.40. The topological polar surface area (TPSA) is 77.5 Å². The Balaban J connectivity index is 0.00000432. The molecular weight excluding hydrogens is 470 g/mol. The largest absolute Gasteiger partial charge is 0.496 e. The number of carboxylic acids is 1. The Morgan fingerprint density at radius 3 is 2.14 bits per heavy atom. The van der Waals surface area contributed by atoms with Gasteiger partial charge in [-0.1, -0.05) is 6.07 Å². The number of fused-ring (bicyclic) bond motifs is 1. The molecule has 0 bridgehead atoms. The van der Waals surface area contributed by atoms with Crippen LogP contribution in [0, 0.1) is 11.8 Å². The number of halogens is 1. The molecule has 194 valence electrons. The average molecular weight is 508 g/mol. The molecule has 0 heterocycles. The molecule has 0 aliphatic heterocycles. The van der Waals surface area contributed by atoms with Crippen molar-refractivity contribution in [1.29, 1.82) is 0 Å². The van der Waals surface area contributed by atoms with Gasteiger partial charge in [0, 0.05) is 17.7 Å². The number of carbonyl (C=O) groups is 1. The molecule has 0 amide bonds. The van der Waals surface area contributed by atoms with Crippen LogP contribution in [0.3, 0.4) is 0 Å².